The maximum Gasteiger partial charge on any atom is 0.305 e. The number of aliphatic hydroxyl groups is 2. The lowest BCUT2D eigenvalue weighted by atomic mass is 10.0. The lowest BCUT2D eigenvalue weighted by Crippen LogP contribution is -2.45. The maximum atomic E-state index is 12.5. The molecule has 416 valence electrons. The lowest BCUT2D eigenvalue weighted by molar-refractivity contribution is -0.143. The van der Waals surface area contributed by atoms with E-state index >= 15 is 0 Å². The van der Waals surface area contributed by atoms with Crippen molar-refractivity contribution in [2.45, 2.75) is 341 Å². The van der Waals surface area contributed by atoms with Crippen molar-refractivity contribution in [1.29, 1.82) is 0 Å². The number of allylic oxidation sites excluding steroid dienone is 7. The van der Waals surface area contributed by atoms with Crippen LogP contribution in [0.4, 0.5) is 0 Å². The van der Waals surface area contributed by atoms with Crippen molar-refractivity contribution in [3.8, 4) is 0 Å². The second-order valence-electron chi connectivity index (χ2n) is 21.4. The molecule has 0 radical (unpaired) electrons. The molecular formula is C65H121NO5. The van der Waals surface area contributed by atoms with Crippen molar-refractivity contribution in [2.75, 3.05) is 13.2 Å². The van der Waals surface area contributed by atoms with Gasteiger partial charge in [0.1, 0.15) is 0 Å². The van der Waals surface area contributed by atoms with E-state index in [9.17, 15) is 19.8 Å². The van der Waals surface area contributed by atoms with Gasteiger partial charge in [0.25, 0.3) is 0 Å². The van der Waals surface area contributed by atoms with Crippen LogP contribution in [0.25, 0.3) is 0 Å². The molecule has 0 spiro atoms. The zero-order valence-electron chi connectivity index (χ0n) is 47.5. The second-order valence-corrected chi connectivity index (χ2v) is 21.4. The Bertz CT molecular complexity index is 1190. The van der Waals surface area contributed by atoms with E-state index < -0.39 is 12.1 Å². The minimum atomic E-state index is -0.851. The number of hydrogen-bond acceptors (Lipinski definition) is 5. The van der Waals surface area contributed by atoms with Crippen LogP contribution >= 0.6 is 0 Å². The van der Waals surface area contributed by atoms with Gasteiger partial charge in [0.15, 0.2) is 0 Å². The van der Waals surface area contributed by atoms with Crippen LogP contribution in [-0.2, 0) is 14.3 Å². The van der Waals surface area contributed by atoms with Crippen LogP contribution in [-0.4, -0.2) is 47.4 Å². The quantitative estimate of drug-likeness (QED) is 0.0321. The van der Waals surface area contributed by atoms with Crippen LogP contribution in [0.3, 0.4) is 0 Å². The minimum absolute atomic E-state index is 0.00809. The summed E-state index contributed by atoms with van der Waals surface area (Å²) < 4.78 is 5.48. The molecule has 2 atom stereocenters. The van der Waals surface area contributed by atoms with Gasteiger partial charge in [-0.3, -0.25) is 9.59 Å². The van der Waals surface area contributed by atoms with Crippen LogP contribution in [0.5, 0.6) is 0 Å². The summed E-state index contributed by atoms with van der Waals surface area (Å²) in [6.45, 7) is 4.88. The molecule has 0 saturated carbocycles. The summed E-state index contributed by atoms with van der Waals surface area (Å²) in [4.78, 5) is 24.5. The number of rotatable bonds is 58. The predicted molar refractivity (Wildman–Crippen MR) is 310 cm³/mol. The summed E-state index contributed by atoms with van der Waals surface area (Å²) in [5.41, 5.74) is 0. The molecule has 0 fully saturated rings. The summed E-state index contributed by atoms with van der Waals surface area (Å²) in [6.07, 6.45) is 77.1. The van der Waals surface area contributed by atoms with Crippen LogP contribution < -0.4 is 5.32 Å². The number of ether oxygens (including phenoxy) is 1. The molecule has 0 aromatic carbocycles. The highest BCUT2D eigenvalue weighted by Gasteiger charge is 2.18. The minimum Gasteiger partial charge on any atom is -0.466 e. The fourth-order valence-electron chi connectivity index (χ4n) is 9.48. The summed E-state index contributed by atoms with van der Waals surface area (Å²) in [6, 6.07) is -0.636. The molecule has 1 amide bonds. The monoisotopic (exact) mass is 996 g/mol. The number of esters is 1. The Morgan fingerprint density at radius 1 is 0.394 bits per heavy atom. The van der Waals surface area contributed by atoms with Gasteiger partial charge in [-0.2, -0.15) is 0 Å². The summed E-state index contributed by atoms with van der Waals surface area (Å²) >= 11 is 0. The highest BCUT2D eigenvalue weighted by Crippen LogP contribution is 2.17. The second kappa shape index (κ2) is 60.4. The topological polar surface area (TPSA) is 95.9 Å². The molecule has 6 heteroatoms. The molecule has 0 rings (SSSR count). The molecule has 0 saturated heterocycles. The van der Waals surface area contributed by atoms with Gasteiger partial charge in [-0.25, -0.2) is 0 Å². The van der Waals surface area contributed by atoms with E-state index in [0.29, 0.717) is 19.4 Å². The van der Waals surface area contributed by atoms with Crippen LogP contribution in [0.1, 0.15) is 328 Å². The number of hydrogen-bond donors (Lipinski definition) is 3. The normalized spacial score (nSPS) is 12.9. The Kier molecular flexibility index (Phi) is 58.5. The van der Waals surface area contributed by atoms with Crippen molar-refractivity contribution in [3.05, 3.63) is 48.6 Å². The Morgan fingerprint density at radius 2 is 0.704 bits per heavy atom. The van der Waals surface area contributed by atoms with Crippen molar-refractivity contribution in [2.24, 2.45) is 0 Å². The van der Waals surface area contributed by atoms with Gasteiger partial charge in [-0.15, -0.1) is 0 Å². The molecular weight excluding hydrogens is 875 g/mol. The molecule has 0 aliphatic heterocycles. The van der Waals surface area contributed by atoms with E-state index in [1.807, 2.05) is 6.08 Å². The Hall–Kier alpha value is -2.18. The van der Waals surface area contributed by atoms with Gasteiger partial charge in [0, 0.05) is 12.8 Å². The molecule has 6 nitrogen and oxygen atoms in total. The van der Waals surface area contributed by atoms with Crippen LogP contribution in [0.15, 0.2) is 48.6 Å². The molecule has 0 aliphatic carbocycles. The van der Waals surface area contributed by atoms with E-state index in [1.54, 1.807) is 6.08 Å². The summed E-state index contributed by atoms with van der Waals surface area (Å²) in [7, 11) is 0. The number of carbonyl (C=O) groups is 2. The fraction of sp³-hybridized carbons (Fsp3) is 0.846. The molecule has 3 N–H and O–H groups in total. The summed E-state index contributed by atoms with van der Waals surface area (Å²) in [5, 5.41) is 23.2. The van der Waals surface area contributed by atoms with Gasteiger partial charge in [-0.1, -0.05) is 274 Å². The number of carbonyl (C=O) groups excluding carboxylic acids is 2. The van der Waals surface area contributed by atoms with Gasteiger partial charge in [0.05, 0.1) is 25.4 Å². The predicted octanol–water partition coefficient (Wildman–Crippen LogP) is 19.7. The van der Waals surface area contributed by atoms with Crippen molar-refractivity contribution >= 4 is 11.9 Å². The van der Waals surface area contributed by atoms with E-state index in [-0.39, 0.29) is 18.5 Å². The molecule has 0 aromatic rings. The van der Waals surface area contributed by atoms with Crippen molar-refractivity contribution in [3.63, 3.8) is 0 Å². The van der Waals surface area contributed by atoms with Crippen molar-refractivity contribution < 1.29 is 24.5 Å². The Balaban J connectivity index is 3.47. The first kappa shape index (κ1) is 68.8. The highest BCUT2D eigenvalue weighted by atomic mass is 16.5. The van der Waals surface area contributed by atoms with Gasteiger partial charge in [-0.05, 0) is 89.9 Å². The smallest absolute Gasteiger partial charge is 0.305 e. The van der Waals surface area contributed by atoms with Crippen molar-refractivity contribution in [1.82, 2.24) is 5.32 Å². The first-order valence-corrected chi connectivity index (χ1v) is 31.4. The van der Waals surface area contributed by atoms with E-state index in [1.165, 1.54) is 244 Å². The number of unbranched alkanes of at least 4 members (excludes halogenated alkanes) is 41. The Morgan fingerprint density at radius 3 is 1.10 bits per heavy atom. The molecule has 0 aliphatic rings. The molecule has 0 heterocycles. The van der Waals surface area contributed by atoms with E-state index in [2.05, 4.69) is 55.6 Å². The number of nitrogens with one attached hydrogen (secondary N) is 1. The molecule has 0 aromatic heterocycles. The zero-order chi connectivity index (χ0) is 51.4. The standard InChI is InChI=1S/C65H121NO5/c1-3-5-7-9-11-13-15-17-19-21-26-29-33-37-41-45-49-53-57-63(68)62(61-67)66-64(69)58-54-50-46-42-38-34-30-27-24-22-23-25-28-32-36-40-44-48-52-56-60-71-65(70)59-55-51-47-43-39-35-31-20-18-16-14-12-10-8-6-4-2/h14,16,20,22,24,31,53,57,62-63,67-68H,3-13,15,17-19,21,23,25-30,32-52,54-56,58-61H2,1-2H3,(H,66,69)/b16-14-,24-22-,31-20-,57-53+. The first-order valence-electron chi connectivity index (χ1n) is 31.4. The first-order chi connectivity index (χ1) is 35.0. The summed E-state index contributed by atoms with van der Waals surface area (Å²) in [5.74, 6) is -0.0836. The molecule has 0 bridgehead atoms. The number of amides is 1. The SMILES string of the molecule is CCCCCC/C=C\C/C=C\CCCCCCCC(=O)OCCCCCCCCCCC/C=C\CCCCCCCCCC(=O)NC(CO)C(O)/C=C/CCCCCCCCCCCCCCCCCC. The van der Waals surface area contributed by atoms with E-state index in [4.69, 9.17) is 4.74 Å². The Labute approximate surface area is 442 Å². The fourth-order valence-corrected chi connectivity index (χ4v) is 9.48. The highest BCUT2D eigenvalue weighted by molar-refractivity contribution is 5.76. The lowest BCUT2D eigenvalue weighted by Gasteiger charge is -2.20. The van der Waals surface area contributed by atoms with E-state index in [0.717, 1.165) is 57.8 Å². The maximum absolute atomic E-state index is 12.5. The molecule has 71 heavy (non-hydrogen) atoms. The van der Waals surface area contributed by atoms with Gasteiger partial charge >= 0.3 is 5.97 Å². The average Bonchev–Trinajstić information content (AvgIpc) is 3.37. The largest absolute Gasteiger partial charge is 0.466 e. The third-order valence-corrected chi connectivity index (χ3v) is 14.3. The molecule has 2 unspecified atom stereocenters. The third kappa shape index (κ3) is 57.0. The van der Waals surface area contributed by atoms with Crippen LogP contribution in [0, 0.1) is 0 Å². The van der Waals surface area contributed by atoms with Gasteiger partial charge in [0.2, 0.25) is 5.91 Å². The average molecular weight is 997 g/mol. The van der Waals surface area contributed by atoms with Crippen LogP contribution in [0.2, 0.25) is 0 Å². The van der Waals surface area contributed by atoms with Gasteiger partial charge < -0.3 is 20.3 Å². The third-order valence-electron chi connectivity index (χ3n) is 14.3. The zero-order valence-corrected chi connectivity index (χ0v) is 47.5. The number of aliphatic hydroxyl groups excluding tert-OH is 2.